The number of rotatable bonds is 2. The van der Waals surface area contributed by atoms with Crippen molar-refractivity contribution < 1.29 is 14.6 Å². The molecule has 0 bridgehead atoms. The molecule has 1 unspecified atom stereocenters. The standard InChI is InChI=1S/C18H21N5O3/c1-11-10-26-7-6-23(11)17-20-15-9-22(18(24)25)8-14(15)16(21-17)12-2-4-13(19)5-3-12/h2-5,11H,6-10,19H2,1H3,(H,24,25). The van der Waals surface area contributed by atoms with E-state index in [1.54, 1.807) is 0 Å². The van der Waals surface area contributed by atoms with Gasteiger partial charge in [-0.25, -0.2) is 14.8 Å². The van der Waals surface area contributed by atoms with Crippen LogP contribution in [0.4, 0.5) is 16.4 Å². The van der Waals surface area contributed by atoms with Crippen molar-refractivity contribution in [1.82, 2.24) is 14.9 Å². The van der Waals surface area contributed by atoms with Crippen LogP contribution < -0.4 is 10.6 Å². The molecule has 0 radical (unpaired) electrons. The fraction of sp³-hybridized carbons (Fsp3) is 0.389. The summed E-state index contributed by atoms with van der Waals surface area (Å²) in [5.41, 5.74) is 9.79. The monoisotopic (exact) mass is 355 g/mol. The highest BCUT2D eigenvalue weighted by atomic mass is 16.5. The average Bonchev–Trinajstić information content (AvgIpc) is 3.06. The average molecular weight is 355 g/mol. The summed E-state index contributed by atoms with van der Waals surface area (Å²) in [5.74, 6) is 0.624. The lowest BCUT2D eigenvalue weighted by Gasteiger charge is -2.33. The number of nitrogens with two attached hydrogens (primary N) is 1. The zero-order chi connectivity index (χ0) is 18.3. The van der Waals surface area contributed by atoms with Gasteiger partial charge in [-0.3, -0.25) is 4.90 Å². The van der Waals surface area contributed by atoms with Gasteiger partial charge in [0, 0.05) is 23.4 Å². The number of aromatic nitrogens is 2. The fourth-order valence-corrected chi connectivity index (χ4v) is 3.41. The van der Waals surface area contributed by atoms with E-state index in [1.807, 2.05) is 24.3 Å². The van der Waals surface area contributed by atoms with Gasteiger partial charge >= 0.3 is 6.09 Å². The van der Waals surface area contributed by atoms with Crippen LogP contribution in [-0.2, 0) is 17.8 Å². The Morgan fingerprint density at radius 2 is 2.04 bits per heavy atom. The summed E-state index contributed by atoms with van der Waals surface area (Å²) in [6, 6.07) is 7.63. The Bertz CT molecular complexity index is 839. The maximum atomic E-state index is 11.4. The number of benzene rings is 1. The number of carbonyl (C=O) groups is 1. The van der Waals surface area contributed by atoms with Crippen LogP contribution in [0.25, 0.3) is 11.3 Å². The second-order valence-corrected chi connectivity index (χ2v) is 6.68. The van der Waals surface area contributed by atoms with Gasteiger partial charge in [-0.2, -0.15) is 0 Å². The Kier molecular flexibility index (Phi) is 4.12. The minimum Gasteiger partial charge on any atom is -0.465 e. The van der Waals surface area contributed by atoms with Gasteiger partial charge < -0.3 is 20.5 Å². The van der Waals surface area contributed by atoms with Crippen LogP contribution in [0.1, 0.15) is 18.2 Å². The SMILES string of the molecule is CC1COCCN1c1nc2c(c(-c3ccc(N)cc3)n1)CN(C(=O)O)C2. The van der Waals surface area contributed by atoms with Crippen LogP contribution in [-0.4, -0.2) is 51.9 Å². The highest BCUT2D eigenvalue weighted by Crippen LogP contribution is 2.33. The Morgan fingerprint density at radius 1 is 1.27 bits per heavy atom. The molecule has 2 aliphatic heterocycles. The lowest BCUT2D eigenvalue weighted by Crippen LogP contribution is -2.44. The van der Waals surface area contributed by atoms with Crippen molar-refractivity contribution in [3.63, 3.8) is 0 Å². The summed E-state index contributed by atoms with van der Waals surface area (Å²) in [5, 5.41) is 9.38. The molecule has 2 aliphatic rings. The van der Waals surface area contributed by atoms with Gasteiger partial charge in [-0.05, 0) is 19.1 Å². The zero-order valence-electron chi connectivity index (χ0n) is 14.6. The Morgan fingerprint density at radius 3 is 2.73 bits per heavy atom. The Labute approximate surface area is 151 Å². The van der Waals surface area contributed by atoms with E-state index >= 15 is 0 Å². The molecule has 1 amide bonds. The third kappa shape index (κ3) is 2.92. The molecule has 2 aromatic rings. The smallest absolute Gasteiger partial charge is 0.407 e. The molecule has 1 aromatic heterocycles. The molecule has 1 saturated heterocycles. The molecule has 1 aromatic carbocycles. The van der Waals surface area contributed by atoms with Crippen molar-refractivity contribution in [3.8, 4) is 11.3 Å². The van der Waals surface area contributed by atoms with Crippen LogP contribution in [0.3, 0.4) is 0 Å². The summed E-state index contributed by atoms with van der Waals surface area (Å²) < 4.78 is 5.51. The van der Waals surface area contributed by atoms with Gasteiger partial charge in [0.05, 0.1) is 43.7 Å². The maximum absolute atomic E-state index is 11.4. The number of hydrogen-bond donors (Lipinski definition) is 2. The van der Waals surface area contributed by atoms with Crippen molar-refractivity contribution in [2.75, 3.05) is 30.4 Å². The number of fused-ring (bicyclic) bond motifs is 1. The van der Waals surface area contributed by atoms with Crippen LogP contribution in [0.5, 0.6) is 0 Å². The molecule has 1 fully saturated rings. The predicted molar refractivity (Wildman–Crippen MR) is 96.8 cm³/mol. The molecule has 3 heterocycles. The largest absolute Gasteiger partial charge is 0.465 e. The van der Waals surface area contributed by atoms with Gasteiger partial charge in [-0.15, -0.1) is 0 Å². The molecular weight excluding hydrogens is 334 g/mol. The summed E-state index contributed by atoms with van der Waals surface area (Å²) in [4.78, 5) is 24.4. The molecular formula is C18H21N5O3. The van der Waals surface area contributed by atoms with Crippen molar-refractivity contribution in [2.24, 2.45) is 0 Å². The highest BCUT2D eigenvalue weighted by molar-refractivity contribution is 5.71. The number of nitrogens with zero attached hydrogens (tertiary/aromatic N) is 4. The van der Waals surface area contributed by atoms with Crippen molar-refractivity contribution in [2.45, 2.75) is 26.1 Å². The maximum Gasteiger partial charge on any atom is 0.407 e. The number of anilines is 2. The number of morpholine rings is 1. The molecule has 0 saturated carbocycles. The summed E-state index contributed by atoms with van der Waals surface area (Å²) in [6.45, 7) is 4.61. The van der Waals surface area contributed by atoms with Gasteiger partial charge in [0.25, 0.3) is 0 Å². The first-order valence-electron chi connectivity index (χ1n) is 8.61. The Balaban J connectivity index is 1.81. The highest BCUT2D eigenvalue weighted by Gasteiger charge is 2.31. The first-order chi connectivity index (χ1) is 12.5. The van der Waals surface area contributed by atoms with E-state index in [9.17, 15) is 9.90 Å². The van der Waals surface area contributed by atoms with E-state index < -0.39 is 6.09 Å². The molecule has 0 aliphatic carbocycles. The Hall–Kier alpha value is -2.87. The van der Waals surface area contributed by atoms with Crippen LogP contribution in [0.2, 0.25) is 0 Å². The predicted octanol–water partition coefficient (Wildman–Crippen LogP) is 1.94. The van der Waals surface area contributed by atoms with Crippen LogP contribution >= 0.6 is 0 Å². The quantitative estimate of drug-likeness (QED) is 0.793. The van der Waals surface area contributed by atoms with E-state index in [4.69, 9.17) is 20.4 Å². The summed E-state index contributed by atoms with van der Waals surface area (Å²) in [7, 11) is 0. The summed E-state index contributed by atoms with van der Waals surface area (Å²) >= 11 is 0. The molecule has 8 nitrogen and oxygen atoms in total. The minimum atomic E-state index is -0.951. The number of carboxylic acid groups (broad SMARTS) is 1. The first-order valence-corrected chi connectivity index (χ1v) is 8.61. The van der Waals surface area contributed by atoms with Crippen molar-refractivity contribution in [3.05, 3.63) is 35.5 Å². The molecule has 8 heteroatoms. The van der Waals surface area contributed by atoms with Crippen molar-refractivity contribution >= 4 is 17.7 Å². The number of nitrogen functional groups attached to an aromatic ring is 1. The fourth-order valence-electron chi connectivity index (χ4n) is 3.41. The molecule has 3 N–H and O–H groups in total. The normalized spacial score (nSPS) is 19.5. The molecule has 136 valence electrons. The topological polar surface area (TPSA) is 105 Å². The molecule has 0 spiro atoms. The third-order valence-electron chi connectivity index (χ3n) is 4.85. The number of ether oxygens (including phenoxy) is 1. The van der Waals surface area contributed by atoms with Crippen LogP contribution in [0.15, 0.2) is 24.3 Å². The van der Waals surface area contributed by atoms with Crippen LogP contribution in [0, 0.1) is 0 Å². The zero-order valence-corrected chi connectivity index (χ0v) is 14.6. The molecule has 26 heavy (non-hydrogen) atoms. The van der Waals surface area contributed by atoms with E-state index in [-0.39, 0.29) is 12.6 Å². The molecule has 1 atom stereocenters. The molecule has 4 rings (SSSR count). The van der Waals surface area contributed by atoms with Gasteiger partial charge in [0.1, 0.15) is 0 Å². The summed E-state index contributed by atoms with van der Waals surface area (Å²) in [6.07, 6.45) is -0.951. The van der Waals surface area contributed by atoms with Crippen molar-refractivity contribution in [1.29, 1.82) is 0 Å². The van der Waals surface area contributed by atoms with Gasteiger partial charge in [-0.1, -0.05) is 12.1 Å². The lowest BCUT2D eigenvalue weighted by molar-refractivity contribution is 0.0980. The van der Waals surface area contributed by atoms with E-state index in [0.717, 1.165) is 22.5 Å². The lowest BCUT2D eigenvalue weighted by atomic mass is 10.1. The van der Waals surface area contributed by atoms with Gasteiger partial charge in [0.2, 0.25) is 5.95 Å². The number of hydrogen-bond acceptors (Lipinski definition) is 6. The first kappa shape index (κ1) is 16.6. The van der Waals surface area contributed by atoms with E-state index in [0.29, 0.717) is 37.9 Å². The second-order valence-electron chi connectivity index (χ2n) is 6.68. The number of amides is 1. The minimum absolute atomic E-state index is 0.165. The van der Waals surface area contributed by atoms with E-state index in [2.05, 4.69) is 11.8 Å². The second kappa shape index (κ2) is 6.45. The third-order valence-corrected chi connectivity index (χ3v) is 4.85. The van der Waals surface area contributed by atoms with E-state index in [1.165, 1.54) is 4.90 Å². The van der Waals surface area contributed by atoms with Gasteiger partial charge in [0.15, 0.2) is 0 Å².